The third-order valence-electron chi connectivity index (χ3n) is 1.91. The van der Waals surface area contributed by atoms with E-state index < -0.39 is 30.3 Å². The summed E-state index contributed by atoms with van der Waals surface area (Å²) in [5.74, 6) is -0.575. The fraction of sp³-hybridized carbons (Fsp3) is 0.400. The minimum absolute atomic E-state index is 0.104. The van der Waals surface area contributed by atoms with Crippen LogP contribution < -0.4 is 10.1 Å². The number of nitrogens with zero attached hydrogens (tertiary/aromatic N) is 1. The summed E-state index contributed by atoms with van der Waals surface area (Å²) < 4.78 is 55.0. The van der Waals surface area contributed by atoms with E-state index in [4.69, 9.17) is 4.74 Å². The normalized spacial score (nSPS) is 12.9. The molecule has 0 aliphatic rings. The number of aromatic nitrogens is 1. The fourth-order valence-corrected chi connectivity index (χ4v) is 1.25. The molecule has 100 valence electrons. The Labute approximate surface area is 106 Å². The Hall–Kier alpha value is -1.44. The monoisotopic (exact) mass is 282 g/mol. The molecule has 0 saturated heterocycles. The van der Waals surface area contributed by atoms with Crippen LogP contribution in [0.1, 0.15) is 12.5 Å². The highest BCUT2D eigenvalue weighted by molar-refractivity contribution is 7.79. The average Bonchev–Trinajstić information content (AvgIpc) is 2.28. The van der Waals surface area contributed by atoms with E-state index in [-0.39, 0.29) is 5.88 Å². The molecule has 1 aromatic heterocycles. The van der Waals surface area contributed by atoms with Crippen LogP contribution in [0.3, 0.4) is 0 Å². The average molecular weight is 282 g/mol. The molecule has 0 aliphatic carbocycles. The van der Waals surface area contributed by atoms with Crippen molar-refractivity contribution in [3.8, 4) is 5.88 Å². The molecular weight excluding hydrogens is 272 g/mol. The van der Waals surface area contributed by atoms with E-state index in [0.717, 1.165) is 17.6 Å². The van der Waals surface area contributed by atoms with Gasteiger partial charge in [0.05, 0.1) is 11.1 Å². The molecule has 8 heteroatoms. The molecule has 0 spiro atoms. The van der Waals surface area contributed by atoms with Crippen LogP contribution in [0.15, 0.2) is 12.1 Å². The Bertz CT molecular complexity index is 425. The number of halogens is 4. The van der Waals surface area contributed by atoms with E-state index >= 15 is 0 Å². The van der Waals surface area contributed by atoms with Crippen molar-refractivity contribution in [3.05, 3.63) is 17.7 Å². The van der Waals surface area contributed by atoms with E-state index in [9.17, 15) is 17.6 Å². The molecule has 1 atom stereocenters. The lowest BCUT2D eigenvalue weighted by atomic mass is 10.2. The maximum absolute atomic E-state index is 12.6. The molecule has 1 N–H and O–H groups in total. The molecule has 0 aliphatic heterocycles. The van der Waals surface area contributed by atoms with Gasteiger partial charge in [-0.15, -0.1) is 0 Å². The van der Waals surface area contributed by atoms with Gasteiger partial charge in [-0.2, -0.15) is 18.2 Å². The van der Waals surface area contributed by atoms with Gasteiger partial charge in [0.25, 0.3) is 0 Å². The number of hydrogen-bond donors (Lipinski definition) is 1. The summed E-state index contributed by atoms with van der Waals surface area (Å²) in [4.78, 5) is 3.60. The first-order valence-corrected chi connectivity index (χ1v) is 5.36. The number of nitrogens with one attached hydrogen (secondary N) is 1. The van der Waals surface area contributed by atoms with Gasteiger partial charge in [0.15, 0.2) is 0 Å². The predicted octanol–water partition coefficient (Wildman–Crippen LogP) is 3.21. The van der Waals surface area contributed by atoms with Crippen LogP contribution >= 0.6 is 12.2 Å². The van der Waals surface area contributed by atoms with Crippen molar-refractivity contribution in [1.29, 1.82) is 0 Å². The van der Waals surface area contributed by atoms with E-state index in [0.29, 0.717) is 0 Å². The first-order chi connectivity index (χ1) is 8.38. The smallest absolute Gasteiger partial charge is 0.419 e. The molecule has 0 unspecified atom stereocenters. The molecule has 1 aromatic rings. The number of ether oxygens (including phenoxy) is 1. The molecule has 1 heterocycles. The van der Waals surface area contributed by atoms with Crippen LogP contribution in [0.25, 0.3) is 0 Å². The first-order valence-electron chi connectivity index (χ1n) is 4.89. The van der Waals surface area contributed by atoms with E-state index in [1.165, 1.54) is 6.92 Å². The molecule has 0 aromatic carbocycles. The lowest BCUT2D eigenvalue weighted by Gasteiger charge is -2.14. The highest BCUT2D eigenvalue weighted by atomic mass is 32.1. The number of rotatable bonds is 5. The summed E-state index contributed by atoms with van der Waals surface area (Å²) in [6.45, 7) is 0.671. The van der Waals surface area contributed by atoms with Crippen molar-refractivity contribution in [2.45, 2.75) is 19.2 Å². The zero-order valence-corrected chi connectivity index (χ0v) is 10.1. The van der Waals surface area contributed by atoms with Crippen molar-refractivity contribution in [3.63, 3.8) is 0 Å². The second-order valence-electron chi connectivity index (χ2n) is 3.39. The van der Waals surface area contributed by atoms with Crippen molar-refractivity contribution in [1.82, 2.24) is 4.98 Å². The maximum atomic E-state index is 12.6. The van der Waals surface area contributed by atoms with Crippen molar-refractivity contribution < 1.29 is 22.3 Å². The van der Waals surface area contributed by atoms with Gasteiger partial charge in [-0.1, -0.05) is 12.2 Å². The van der Waals surface area contributed by atoms with Gasteiger partial charge < -0.3 is 10.1 Å². The summed E-state index contributed by atoms with van der Waals surface area (Å²) in [5.41, 5.74) is -0.0659. The van der Waals surface area contributed by atoms with Gasteiger partial charge >= 0.3 is 6.18 Å². The number of anilines is 1. The van der Waals surface area contributed by atoms with E-state index in [1.807, 2.05) is 0 Å². The Kier molecular flexibility index (Phi) is 4.83. The van der Waals surface area contributed by atoms with Gasteiger partial charge in [-0.25, -0.2) is 4.39 Å². The highest BCUT2D eigenvalue weighted by Crippen LogP contribution is 2.34. The van der Waals surface area contributed by atoms with Gasteiger partial charge in [0.2, 0.25) is 5.88 Å². The maximum Gasteiger partial charge on any atom is 0.419 e. The van der Waals surface area contributed by atoms with Crippen LogP contribution in [0.5, 0.6) is 5.88 Å². The minimum Gasteiger partial charge on any atom is -0.472 e. The molecule has 0 radical (unpaired) electrons. The van der Waals surface area contributed by atoms with E-state index in [1.54, 1.807) is 0 Å². The van der Waals surface area contributed by atoms with Crippen LogP contribution in [0.2, 0.25) is 0 Å². The Morgan fingerprint density at radius 3 is 2.67 bits per heavy atom. The third-order valence-corrected chi connectivity index (χ3v) is 2.03. The molecule has 18 heavy (non-hydrogen) atoms. The second-order valence-corrected chi connectivity index (χ2v) is 3.62. The van der Waals surface area contributed by atoms with Crippen molar-refractivity contribution in [2.75, 3.05) is 12.0 Å². The number of hydrogen-bond acceptors (Lipinski definition) is 3. The first kappa shape index (κ1) is 14.6. The van der Waals surface area contributed by atoms with E-state index in [2.05, 4.69) is 22.5 Å². The van der Waals surface area contributed by atoms with Crippen molar-refractivity contribution >= 4 is 23.5 Å². The zero-order chi connectivity index (χ0) is 13.8. The molecule has 0 bridgehead atoms. The van der Waals surface area contributed by atoms with Gasteiger partial charge in [-0.3, -0.25) is 0 Å². The summed E-state index contributed by atoms with van der Waals surface area (Å²) in [7, 11) is 0. The summed E-state index contributed by atoms with van der Waals surface area (Å²) in [6, 6.07) is 1.83. The molecule has 0 amide bonds. The third kappa shape index (κ3) is 3.80. The van der Waals surface area contributed by atoms with Gasteiger partial charge in [0, 0.05) is 6.07 Å². The van der Waals surface area contributed by atoms with Crippen LogP contribution in [-0.4, -0.2) is 23.3 Å². The van der Waals surface area contributed by atoms with Gasteiger partial charge in [0.1, 0.15) is 18.6 Å². The quantitative estimate of drug-likeness (QED) is 0.664. The summed E-state index contributed by atoms with van der Waals surface area (Å²) >= 11 is 4.43. The Morgan fingerprint density at radius 2 is 2.17 bits per heavy atom. The standard InChI is InChI=1S/C10H10F4N2OS/c1-6(4-11)17-8-3-2-7(10(12,13)14)9(16-8)15-5-18/h2-3,5-6H,4H2,1H3,(H,15,16,18)/t6-/m0/s1. The van der Waals surface area contributed by atoms with Crippen molar-refractivity contribution in [2.24, 2.45) is 0 Å². The molecule has 1 rings (SSSR count). The fourth-order valence-electron chi connectivity index (χ4n) is 1.14. The molecule has 0 fully saturated rings. The highest BCUT2D eigenvalue weighted by Gasteiger charge is 2.34. The Morgan fingerprint density at radius 1 is 1.50 bits per heavy atom. The molecular formula is C10H10F4N2OS. The number of thiocarbonyl (C=S) groups is 1. The number of pyridine rings is 1. The molecule has 3 nitrogen and oxygen atoms in total. The lowest BCUT2D eigenvalue weighted by Crippen LogP contribution is -2.16. The van der Waals surface area contributed by atoms with Crippen LogP contribution in [0.4, 0.5) is 23.4 Å². The largest absolute Gasteiger partial charge is 0.472 e. The number of alkyl halides is 4. The topological polar surface area (TPSA) is 34.1 Å². The molecule has 0 saturated carbocycles. The van der Waals surface area contributed by atoms with Crippen LogP contribution in [0, 0.1) is 0 Å². The Balaban J connectivity index is 3.07. The summed E-state index contributed by atoms with van der Waals surface area (Å²) in [5, 5.41) is 2.20. The lowest BCUT2D eigenvalue weighted by molar-refractivity contribution is -0.137. The SMILES string of the molecule is C[C@@H](CF)Oc1ccc(C(F)(F)F)c(NC=S)n1. The van der Waals surface area contributed by atoms with Crippen LogP contribution in [-0.2, 0) is 6.18 Å². The second kappa shape index (κ2) is 5.94. The zero-order valence-electron chi connectivity index (χ0n) is 9.29. The summed E-state index contributed by atoms with van der Waals surface area (Å²) in [6.07, 6.45) is -5.34. The van der Waals surface area contributed by atoms with Gasteiger partial charge in [-0.05, 0) is 13.0 Å². The predicted molar refractivity (Wildman–Crippen MR) is 62.6 cm³/mol. The minimum atomic E-state index is -4.56.